The third-order valence-electron chi connectivity index (χ3n) is 2.64. The lowest BCUT2D eigenvalue weighted by molar-refractivity contribution is 0.464. The largest absolute Gasteiger partial charge is 0.437 e. The molecule has 94 valence electrons. The van der Waals surface area contributed by atoms with Gasteiger partial charge in [-0.1, -0.05) is 26.0 Å². The zero-order chi connectivity index (χ0) is 13.1. The molecule has 2 rings (SSSR count). The summed E-state index contributed by atoms with van der Waals surface area (Å²) in [5.41, 5.74) is 12.8. The monoisotopic (exact) mass is 244 g/mol. The Bertz CT molecular complexity index is 537. The lowest BCUT2D eigenvalue weighted by atomic mass is 10.0. The molecule has 2 aromatic rings. The van der Waals surface area contributed by atoms with E-state index in [2.05, 4.69) is 23.8 Å². The molecule has 0 amide bonds. The summed E-state index contributed by atoms with van der Waals surface area (Å²) in [5.74, 6) is 1.65. The van der Waals surface area contributed by atoms with Crippen LogP contribution in [0.4, 0.5) is 11.5 Å². The Kier molecular flexibility index (Phi) is 3.32. The molecule has 0 atom stereocenters. The zero-order valence-corrected chi connectivity index (χ0v) is 10.4. The minimum atomic E-state index is 0.221. The maximum atomic E-state index is 5.73. The van der Waals surface area contributed by atoms with Gasteiger partial charge in [-0.15, -0.1) is 0 Å². The van der Waals surface area contributed by atoms with Crippen LogP contribution in [-0.4, -0.2) is 9.97 Å². The number of nitrogen functional groups attached to an aromatic ring is 2. The Labute approximate surface area is 106 Å². The Hall–Kier alpha value is -2.30. The Morgan fingerprint density at radius 3 is 2.33 bits per heavy atom. The summed E-state index contributed by atoms with van der Waals surface area (Å²) in [4.78, 5) is 7.73. The van der Waals surface area contributed by atoms with Crippen LogP contribution in [0.5, 0.6) is 11.6 Å². The topological polar surface area (TPSA) is 87.0 Å². The number of benzene rings is 1. The van der Waals surface area contributed by atoms with Crippen molar-refractivity contribution in [3.63, 3.8) is 0 Å². The molecule has 1 heterocycles. The van der Waals surface area contributed by atoms with E-state index in [4.69, 9.17) is 16.2 Å². The minimum Gasteiger partial charge on any atom is -0.437 e. The van der Waals surface area contributed by atoms with Crippen molar-refractivity contribution in [3.8, 4) is 11.6 Å². The molecule has 0 radical (unpaired) electrons. The molecule has 0 saturated carbocycles. The van der Waals surface area contributed by atoms with E-state index < -0.39 is 0 Å². The van der Waals surface area contributed by atoms with Crippen LogP contribution in [0.1, 0.15) is 25.3 Å². The van der Waals surface area contributed by atoms with E-state index in [1.54, 1.807) is 0 Å². The van der Waals surface area contributed by atoms with Crippen LogP contribution in [0.15, 0.2) is 30.6 Å². The molecule has 0 spiro atoms. The first kappa shape index (κ1) is 12.2. The molecule has 4 N–H and O–H groups in total. The van der Waals surface area contributed by atoms with Gasteiger partial charge in [0.15, 0.2) is 5.82 Å². The van der Waals surface area contributed by atoms with E-state index in [1.807, 2.05) is 24.3 Å². The number of hydrogen-bond donors (Lipinski definition) is 2. The van der Waals surface area contributed by atoms with Gasteiger partial charge in [0, 0.05) is 0 Å². The fraction of sp³-hybridized carbons (Fsp3) is 0.231. The summed E-state index contributed by atoms with van der Waals surface area (Å²) < 4.78 is 5.57. The fourth-order valence-corrected chi connectivity index (χ4v) is 1.51. The van der Waals surface area contributed by atoms with Crippen LogP contribution in [-0.2, 0) is 0 Å². The number of aromatic nitrogens is 2. The predicted molar refractivity (Wildman–Crippen MR) is 71.5 cm³/mol. The standard InChI is InChI=1S/C13H16N4O/c1-8(2)9-3-5-10(6-4-9)18-13-11(14)12(15)16-7-17-13/h3-8H,14H2,1-2H3,(H2,15,16,17). The summed E-state index contributed by atoms with van der Waals surface area (Å²) in [7, 11) is 0. The Balaban J connectivity index is 2.21. The van der Waals surface area contributed by atoms with Gasteiger partial charge in [0.05, 0.1) is 0 Å². The van der Waals surface area contributed by atoms with E-state index >= 15 is 0 Å². The number of hydrogen-bond acceptors (Lipinski definition) is 5. The molecule has 0 aliphatic carbocycles. The van der Waals surface area contributed by atoms with E-state index in [-0.39, 0.29) is 17.4 Å². The maximum Gasteiger partial charge on any atom is 0.248 e. The molecule has 5 heteroatoms. The van der Waals surface area contributed by atoms with Crippen molar-refractivity contribution in [1.29, 1.82) is 0 Å². The predicted octanol–water partition coefficient (Wildman–Crippen LogP) is 2.56. The normalized spacial score (nSPS) is 10.6. The SMILES string of the molecule is CC(C)c1ccc(Oc2ncnc(N)c2N)cc1. The lowest BCUT2D eigenvalue weighted by Gasteiger charge is -2.09. The van der Waals surface area contributed by atoms with Gasteiger partial charge in [0.1, 0.15) is 17.8 Å². The highest BCUT2D eigenvalue weighted by molar-refractivity contribution is 5.64. The molecule has 18 heavy (non-hydrogen) atoms. The first-order chi connectivity index (χ1) is 8.58. The van der Waals surface area contributed by atoms with E-state index in [0.717, 1.165) is 0 Å². The first-order valence-electron chi connectivity index (χ1n) is 5.71. The van der Waals surface area contributed by atoms with Gasteiger partial charge >= 0.3 is 0 Å². The molecular formula is C13H16N4O. The summed E-state index contributed by atoms with van der Waals surface area (Å²) in [5, 5.41) is 0. The van der Waals surface area contributed by atoms with Crippen molar-refractivity contribution >= 4 is 11.5 Å². The van der Waals surface area contributed by atoms with Crippen LogP contribution < -0.4 is 16.2 Å². The second-order valence-corrected chi connectivity index (χ2v) is 4.30. The van der Waals surface area contributed by atoms with Gasteiger partial charge in [-0.2, -0.15) is 4.98 Å². The molecule has 0 saturated heterocycles. The van der Waals surface area contributed by atoms with Gasteiger partial charge in [-0.05, 0) is 23.6 Å². The molecular weight excluding hydrogens is 228 g/mol. The quantitative estimate of drug-likeness (QED) is 0.866. The van der Waals surface area contributed by atoms with Crippen molar-refractivity contribution in [1.82, 2.24) is 9.97 Å². The second-order valence-electron chi connectivity index (χ2n) is 4.30. The average Bonchev–Trinajstić information content (AvgIpc) is 2.36. The summed E-state index contributed by atoms with van der Waals surface area (Å²) in [6.07, 6.45) is 1.32. The lowest BCUT2D eigenvalue weighted by Crippen LogP contribution is -2.02. The van der Waals surface area contributed by atoms with Gasteiger partial charge in [0.2, 0.25) is 5.88 Å². The minimum absolute atomic E-state index is 0.221. The zero-order valence-electron chi connectivity index (χ0n) is 10.4. The summed E-state index contributed by atoms with van der Waals surface area (Å²) >= 11 is 0. The third kappa shape index (κ3) is 2.51. The van der Waals surface area contributed by atoms with E-state index in [1.165, 1.54) is 11.9 Å². The van der Waals surface area contributed by atoms with Gasteiger partial charge in [0.25, 0.3) is 0 Å². The van der Waals surface area contributed by atoms with E-state index in [0.29, 0.717) is 11.7 Å². The highest BCUT2D eigenvalue weighted by Crippen LogP contribution is 2.28. The van der Waals surface area contributed by atoms with Crippen LogP contribution in [0, 0.1) is 0 Å². The summed E-state index contributed by atoms with van der Waals surface area (Å²) in [6.45, 7) is 4.28. The highest BCUT2D eigenvalue weighted by Gasteiger charge is 2.08. The van der Waals surface area contributed by atoms with Crippen molar-refractivity contribution < 1.29 is 4.74 Å². The number of nitrogens with zero attached hydrogens (tertiary/aromatic N) is 2. The van der Waals surface area contributed by atoms with Gasteiger partial charge in [-0.25, -0.2) is 4.98 Å². The molecule has 0 bridgehead atoms. The van der Waals surface area contributed by atoms with Crippen molar-refractivity contribution in [2.24, 2.45) is 0 Å². The molecule has 0 unspecified atom stereocenters. The maximum absolute atomic E-state index is 5.73. The molecule has 0 aliphatic rings. The molecule has 5 nitrogen and oxygen atoms in total. The number of anilines is 2. The number of rotatable bonds is 3. The third-order valence-corrected chi connectivity index (χ3v) is 2.64. The second kappa shape index (κ2) is 4.91. The molecule has 0 fully saturated rings. The van der Waals surface area contributed by atoms with Gasteiger partial charge in [-0.3, -0.25) is 0 Å². The molecule has 1 aromatic heterocycles. The highest BCUT2D eigenvalue weighted by atomic mass is 16.5. The molecule has 0 aliphatic heterocycles. The van der Waals surface area contributed by atoms with Crippen LogP contribution in [0.2, 0.25) is 0 Å². The van der Waals surface area contributed by atoms with Crippen LogP contribution in [0.25, 0.3) is 0 Å². The van der Waals surface area contributed by atoms with Crippen LogP contribution in [0.3, 0.4) is 0 Å². The number of ether oxygens (including phenoxy) is 1. The van der Waals surface area contributed by atoms with Crippen LogP contribution >= 0.6 is 0 Å². The first-order valence-corrected chi connectivity index (χ1v) is 5.71. The van der Waals surface area contributed by atoms with Crippen molar-refractivity contribution in [3.05, 3.63) is 36.2 Å². The average molecular weight is 244 g/mol. The Morgan fingerprint density at radius 2 is 1.72 bits per heavy atom. The van der Waals surface area contributed by atoms with E-state index in [9.17, 15) is 0 Å². The number of nitrogens with two attached hydrogens (primary N) is 2. The smallest absolute Gasteiger partial charge is 0.248 e. The molecule has 1 aromatic carbocycles. The summed E-state index contributed by atoms with van der Waals surface area (Å²) in [6, 6.07) is 7.79. The van der Waals surface area contributed by atoms with Gasteiger partial charge < -0.3 is 16.2 Å². The van der Waals surface area contributed by atoms with Crippen molar-refractivity contribution in [2.45, 2.75) is 19.8 Å². The van der Waals surface area contributed by atoms with Crippen molar-refractivity contribution in [2.75, 3.05) is 11.5 Å². The fourth-order valence-electron chi connectivity index (χ4n) is 1.51. The Morgan fingerprint density at radius 1 is 1.06 bits per heavy atom.